The number of hydrogen-bond donors (Lipinski definition) is 7. The van der Waals surface area contributed by atoms with Crippen LogP contribution in [0.15, 0.2) is 0 Å². The molecule has 0 bridgehead atoms. The summed E-state index contributed by atoms with van der Waals surface area (Å²) >= 11 is 0. The molecule has 0 unspecified atom stereocenters. The molecule has 0 aromatic heterocycles. The summed E-state index contributed by atoms with van der Waals surface area (Å²) in [7, 11) is 0. The van der Waals surface area contributed by atoms with Gasteiger partial charge in [0.1, 0.15) is 0 Å². The molecule has 11 heteroatoms. The number of rotatable bonds is 13. The Morgan fingerprint density at radius 1 is 1.07 bits per heavy atom. The van der Waals surface area contributed by atoms with Gasteiger partial charge in [0.2, 0.25) is 24.0 Å². The lowest BCUT2D eigenvalue weighted by Crippen LogP contribution is -2.47. The zero-order valence-electron chi connectivity index (χ0n) is 15.8. The van der Waals surface area contributed by atoms with Crippen LogP contribution < -0.4 is 32.7 Å². The van der Waals surface area contributed by atoms with Crippen molar-refractivity contribution in [1.29, 1.82) is 5.41 Å². The maximum atomic E-state index is 11.8. The molecule has 0 saturated heterocycles. The molecule has 0 saturated carbocycles. The number of guanidine groups is 1. The van der Waals surface area contributed by atoms with Crippen molar-refractivity contribution < 1.29 is 19.2 Å². The van der Waals surface area contributed by atoms with Crippen molar-refractivity contribution in [2.45, 2.75) is 45.2 Å². The third-order valence-electron chi connectivity index (χ3n) is 3.40. The molecule has 3 amide bonds. The molecule has 1 radical (unpaired) electrons. The third-order valence-corrected chi connectivity index (χ3v) is 3.40. The van der Waals surface area contributed by atoms with Gasteiger partial charge in [-0.05, 0) is 25.2 Å². The van der Waals surface area contributed by atoms with Crippen LogP contribution in [0, 0.1) is 11.3 Å². The quantitative estimate of drug-likeness (QED) is 0.103. The lowest BCUT2D eigenvalue weighted by atomic mass is 10.1. The Bertz CT molecular complexity index is 525. The third kappa shape index (κ3) is 13.2. The van der Waals surface area contributed by atoms with E-state index in [1.54, 1.807) is 6.29 Å². The zero-order valence-corrected chi connectivity index (χ0v) is 15.8. The molecule has 0 spiro atoms. The first-order chi connectivity index (χ1) is 12.6. The Balaban J connectivity index is 4.00. The molecule has 11 nitrogen and oxygen atoms in total. The minimum Gasteiger partial charge on any atom is -0.370 e. The van der Waals surface area contributed by atoms with Gasteiger partial charge in [0.25, 0.3) is 0 Å². The van der Waals surface area contributed by atoms with E-state index in [-0.39, 0.29) is 25.0 Å². The number of amides is 3. The fourth-order valence-electron chi connectivity index (χ4n) is 2.07. The number of nitrogens with two attached hydrogens (primary N) is 2. The van der Waals surface area contributed by atoms with Crippen molar-refractivity contribution in [3.8, 4) is 0 Å². The van der Waals surface area contributed by atoms with Crippen LogP contribution in [-0.4, -0.2) is 61.7 Å². The molecule has 153 valence electrons. The summed E-state index contributed by atoms with van der Waals surface area (Å²) < 4.78 is 0. The van der Waals surface area contributed by atoms with Crippen molar-refractivity contribution in [1.82, 2.24) is 21.3 Å². The van der Waals surface area contributed by atoms with E-state index in [0.29, 0.717) is 25.8 Å². The van der Waals surface area contributed by atoms with E-state index in [4.69, 9.17) is 16.9 Å². The summed E-state index contributed by atoms with van der Waals surface area (Å²) in [5.74, 6) is -1.51. The SMILES string of the molecule is CC(C)C[C@@H]([C]=O)NC(=O)CNC(=O)CNC(=O)[C@@H](N)CCCNC(=N)N. The van der Waals surface area contributed by atoms with Crippen LogP contribution in [0.1, 0.15) is 33.1 Å². The first-order valence-electron chi connectivity index (χ1n) is 8.70. The summed E-state index contributed by atoms with van der Waals surface area (Å²) in [5.41, 5.74) is 10.8. The molecule has 0 aliphatic carbocycles. The number of nitrogens with one attached hydrogen (secondary N) is 5. The lowest BCUT2D eigenvalue weighted by molar-refractivity contribution is -0.128. The van der Waals surface area contributed by atoms with E-state index in [2.05, 4.69) is 21.3 Å². The van der Waals surface area contributed by atoms with E-state index in [9.17, 15) is 19.2 Å². The molecule has 0 aliphatic heterocycles. The zero-order chi connectivity index (χ0) is 20.8. The van der Waals surface area contributed by atoms with Crippen molar-refractivity contribution in [2.75, 3.05) is 19.6 Å². The second-order valence-electron chi connectivity index (χ2n) is 6.45. The smallest absolute Gasteiger partial charge is 0.239 e. The van der Waals surface area contributed by atoms with Gasteiger partial charge in [0.05, 0.1) is 25.2 Å². The number of carbonyl (C=O) groups excluding carboxylic acids is 4. The van der Waals surface area contributed by atoms with Gasteiger partial charge in [-0.3, -0.25) is 24.6 Å². The molecule has 0 aromatic rings. The predicted octanol–water partition coefficient (Wildman–Crippen LogP) is -2.55. The Labute approximate surface area is 158 Å². The van der Waals surface area contributed by atoms with Gasteiger partial charge in [0, 0.05) is 6.54 Å². The van der Waals surface area contributed by atoms with Crippen LogP contribution in [-0.2, 0) is 19.2 Å². The van der Waals surface area contributed by atoms with E-state index >= 15 is 0 Å². The highest BCUT2D eigenvalue weighted by Crippen LogP contribution is 2.02. The van der Waals surface area contributed by atoms with Gasteiger partial charge in [-0.1, -0.05) is 13.8 Å². The molecular weight excluding hydrogens is 354 g/mol. The van der Waals surface area contributed by atoms with Crippen LogP contribution in [0.5, 0.6) is 0 Å². The normalized spacial score (nSPS) is 12.6. The molecule has 0 rings (SSSR count). The Hall–Kier alpha value is -2.69. The standard InChI is InChI=1S/C16H30N7O4/c1-10(2)6-11(9-24)23-14(26)8-21-13(25)7-22-15(27)12(17)4-3-5-20-16(18)19/h10-12H,3-8,17H2,1-2H3,(H,21,25)(H,22,27)(H,23,26)(H4,18,19,20)/t11-,12-/m0/s1. The highest BCUT2D eigenvalue weighted by molar-refractivity contribution is 5.90. The van der Waals surface area contributed by atoms with Gasteiger partial charge in [-0.25, -0.2) is 0 Å². The first kappa shape index (κ1) is 24.3. The second kappa shape index (κ2) is 13.5. The minimum atomic E-state index is -0.797. The van der Waals surface area contributed by atoms with E-state index in [0.717, 1.165) is 0 Å². The summed E-state index contributed by atoms with van der Waals surface area (Å²) in [6, 6.07) is -1.51. The van der Waals surface area contributed by atoms with E-state index in [1.165, 1.54) is 0 Å². The highest BCUT2D eigenvalue weighted by Gasteiger charge is 2.16. The summed E-state index contributed by atoms with van der Waals surface area (Å²) in [5, 5.41) is 16.8. The van der Waals surface area contributed by atoms with Gasteiger partial charge in [-0.15, -0.1) is 0 Å². The van der Waals surface area contributed by atoms with Gasteiger partial charge >= 0.3 is 0 Å². The minimum absolute atomic E-state index is 0.157. The fourth-order valence-corrected chi connectivity index (χ4v) is 2.07. The van der Waals surface area contributed by atoms with Gasteiger partial charge in [0.15, 0.2) is 5.96 Å². The summed E-state index contributed by atoms with van der Waals surface area (Å²) in [4.78, 5) is 45.9. The number of carbonyl (C=O) groups is 3. The van der Waals surface area contributed by atoms with Crippen LogP contribution in [0.2, 0.25) is 0 Å². The maximum absolute atomic E-state index is 11.8. The second-order valence-corrected chi connectivity index (χ2v) is 6.45. The monoisotopic (exact) mass is 384 g/mol. The molecule has 9 N–H and O–H groups in total. The summed E-state index contributed by atoms with van der Waals surface area (Å²) in [6.07, 6.45) is 3.09. The van der Waals surface area contributed by atoms with Crippen LogP contribution in [0.4, 0.5) is 0 Å². The van der Waals surface area contributed by atoms with E-state index in [1.807, 2.05) is 13.8 Å². The lowest BCUT2D eigenvalue weighted by Gasteiger charge is -2.15. The van der Waals surface area contributed by atoms with Crippen LogP contribution >= 0.6 is 0 Å². The van der Waals surface area contributed by atoms with Crippen molar-refractivity contribution in [3.05, 3.63) is 0 Å². The maximum Gasteiger partial charge on any atom is 0.239 e. The average Bonchev–Trinajstić information content (AvgIpc) is 2.59. The molecule has 2 atom stereocenters. The molecule has 0 aliphatic rings. The van der Waals surface area contributed by atoms with Gasteiger partial charge < -0.3 is 32.7 Å². The largest absolute Gasteiger partial charge is 0.370 e. The average molecular weight is 384 g/mol. The molecular formula is C16H30N7O4. The molecule has 0 aromatic carbocycles. The van der Waals surface area contributed by atoms with Crippen molar-refractivity contribution in [3.63, 3.8) is 0 Å². The first-order valence-corrected chi connectivity index (χ1v) is 8.70. The topological polar surface area (TPSA) is 192 Å². The Kier molecular flexibility index (Phi) is 12.2. The number of hydrogen-bond acceptors (Lipinski definition) is 6. The molecule has 27 heavy (non-hydrogen) atoms. The predicted molar refractivity (Wildman–Crippen MR) is 100 cm³/mol. The van der Waals surface area contributed by atoms with Crippen molar-refractivity contribution >= 4 is 30.0 Å². The highest BCUT2D eigenvalue weighted by atomic mass is 16.2. The Morgan fingerprint density at radius 2 is 1.70 bits per heavy atom. The fraction of sp³-hybridized carbons (Fsp3) is 0.688. The van der Waals surface area contributed by atoms with Crippen LogP contribution in [0.25, 0.3) is 0 Å². The Morgan fingerprint density at radius 3 is 2.26 bits per heavy atom. The van der Waals surface area contributed by atoms with Crippen LogP contribution in [0.3, 0.4) is 0 Å². The van der Waals surface area contributed by atoms with E-state index < -0.39 is 29.8 Å². The van der Waals surface area contributed by atoms with Crippen molar-refractivity contribution in [2.24, 2.45) is 17.4 Å². The molecule has 0 heterocycles. The van der Waals surface area contributed by atoms with Gasteiger partial charge in [-0.2, -0.15) is 0 Å². The summed E-state index contributed by atoms with van der Waals surface area (Å²) in [6.45, 7) is 3.60. The molecule has 0 fully saturated rings.